The molecule has 214 valence electrons. The summed E-state index contributed by atoms with van der Waals surface area (Å²) in [5.41, 5.74) is 5.12. The predicted molar refractivity (Wildman–Crippen MR) is 164 cm³/mol. The number of ether oxygens (including phenoxy) is 3. The van der Waals surface area contributed by atoms with Gasteiger partial charge in [0, 0.05) is 71.9 Å². The molecule has 3 aromatic heterocycles. The topological polar surface area (TPSA) is 91.1 Å². The molecule has 4 heterocycles. The van der Waals surface area contributed by atoms with Gasteiger partial charge >= 0.3 is 0 Å². The molecule has 11 heteroatoms. The third-order valence-corrected chi connectivity index (χ3v) is 8.02. The maximum Gasteiger partial charge on any atom is 0.161 e. The quantitative estimate of drug-likeness (QED) is 0.197. The monoisotopic (exact) mass is 603 g/mol. The molecule has 1 saturated heterocycles. The number of hydrogen-bond acceptors (Lipinski definition) is 8. The average Bonchev–Trinajstić information content (AvgIpc) is 3.52. The van der Waals surface area contributed by atoms with E-state index >= 15 is 0 Å². The minimum Gasteiger partial charge on any atom is -0.495 e. The average molecular weight is 604 g/mol. The molecule has 1 aliphatic rings. The van der Waals surface area contributed by atoms with Crippen LogP contribution in [0, 0.1) is 0 Å². The van der Waals surface area contributed by atoms with E-state index in [0.29, 0.717) is 63.0 Å². The molecule has 42 heavy (non-hydrogen) atoms. The summed E-state index contributed by atoms with van der Waals surface area (Å²) in [5, 5.41) is 1.43. The number of anilines is 1. The molecule has 0 saturated carbocycles. The first-order valence-electron chi connectivity index (χ1n) is 13.3. The van der Waals surface area contributed by atoms with E-state index in [0.717, 1.165) is 35.3 Å². The Bertz CT molecular complexity index is 1820. The SMILES string of the molecule is C=CC(=O)Cc1cc(-c2ncc3cc(-c4c(Cl)c(OC)cc(OC)c4Cl)c4nccn4c3n2)cc(N2CCOCC2)c1. The third-order valence-electron chi connectivity index (χ3n) is 7.27. The highest BCUT2D eigenvalue weighted by Crippen LogP contribution is 2.47. The number of ketones is 1. The first-order valence-corrected chi connectivity index (χ1v) is 14.0. The van der Waals surface area contributed by atoms with Crippen molar-refractivity contribution in [1.82, 2.24) is 19.4 Å². The van der Waals surface area contributed by atoms with E-state index in [1.54, 1.807) is 18.5 Å². The lowest BCUT2D eigenvalue weighted by Crippen LogP contribution is -2.36. The number of halogens is 2. The van der Waals surface area contributed by atoms with E-state index in [1.807, 2.05) is 28.8 Å². The van der Waals surface area contributed by atoms with Gasteiger partial charge in [-0.1, -0.05) is 29.8 Å². The first-order chi connectivity index (χ1) is 20.4. The molecule has 5 aromatic rings. The van der Waals surface area contributed by atoms with Gasteiger partial charge in [-0.3, -0.25) is 9.20 Å². The summed E-state index contributed by atoms with van der Waals surface area (Å²) >= 11 is 13.5. The number of methoxy groups -OCH3 is 2. The van der Waals surface area contributed by atoms with E-state index in [1.165, 1.54) is 20.3 Å². The molecule has 0 radical (unpaired) electrons. The van der Waals surface area contributed by atoms with Crippen molar-refractivity contribution in [3.8, 4) is 34.0 Å². The molecule has 0 unspecified atom stereocenters. The van der Waals surface area contributed by atoms with Crippen LogP contribution in [0.4, 0.5) is 5.69 Å². The minimum absolute atomic E-state index is 0.0568. The molecule has 6 rings (SSSR count). The summed E-state index contributed by atoms with van der Waals surface area (Å²) in [5.74, 6) is 1.32. The van der Waals surface area contributed by atoms with E-state index in [2.05, 4.69) is 22.5 Å². The fourth-order valence-electron chi connectivity index (χ4n) is 5.20. The van der Waals surface area contributed by atoms with Crippen molar-refractivity contribution in [1.29, 1.82) is 0 Å². The number of benzene rings is 2. The molecule has 0 amide bonds. The van der Waals surface area contributed by atoms with Crippen LogP contribution in [0.5, 0.6) is 11.5 Å². The van der Waals surface area contributed by atoms with E-state index < -0.39 is 0 Å². The Hall–Kier alpha value is -4.18. The highest BCUT2D eigenvalue weighted by molar-refractivity contribution is 6.41. The maximum atomic E-state index is 12.3. The second-order valence-corrected chi connectivity index (χ2v) is 10.5. The highest BCUT2D eigenvalue weighted by Gasteiger charge is 2.23. The van der Waals surface area contributed by atoms with Crippen LogP contribution >= 0.6 is 23.2 Å². The van der Waals surface area contributed by atoms with Crippen molar-refractivity contribution in [3.63, 3.8) is 0 Å². The van der Waals surface area contributed by atoms with Crippen LogP contribution in [0.2, 0.25) is 10.0 Å². The second kappa shape index (κ2) is 11.6. The molecular formula is C31H27Cl2N5O4. The number of hydrogen-bond donors (Lipinski definition) is 0. The van der Waals surface area contributed by atoms with Crippen molar-refractivity contribution in [3.05, 3.63) is 77.2 Å². The van der Waals surface area contributed by atoms with Crippen molar-refractivity contribution >= 4 is 51.4 Å². The number of morpholine rings is 1. The fourth-order valence-corrected chi connectivity index (χ4v) is 5.90. The van der Waals surface area contributed by atoms with Gasteiger partial charge in [0.15, 0.2) is 11.6 Å². The van der Waals surface area contributed by atoms with E-state index in [9.17, 15) is 4.79 Å². The predicted octanol–water partition coefficient (Wildman–Crippen LogP) is 6.07. The Labute approximate surface area is 252 Å². The molecule has 0 N–H and O–H groups in total. The van der Waals surface area contributed by atoms with Gasteiger partial charge in [0.05, 0.1) is 37.5 Å². The first kappa shape index (κ1) is 28.0. The van der Waals surface area contributed by atoms with Crippen LogP contribution in [0.1, 0.15) is 5.56 Å². The maximum absolute atomic E-state index is 12.3. The summed E-state index contributed by atoms with van der Waals surface area (Å²) in [4.78, 5) is 28.8. The molecule has 0 atom stereocenters. The van der Waals surface area contributed by atoms with Crippen LogP contribution in [-0.4, -0.2) is 65.7 Å². The normalized spacial score (nSPS) is 13.5. The van der Waals surface area contributed by atoms with Crippen molar-refractivity contribution in [2.45, 2.75) is 6.42 Å². The number of pyridine rings is 1. The van der Waals surface area contributed by atoms with Crippen LogP contribution in [0.25, 0.3) is 39.2 Å². The zero-order chi connectivity index (χ0) is 29.4. The molecule has 9 nitrogen and oxygen atoms in total. The van der Waals surface area contributed by atoms with E-state index in [4.69, 9.17) is 47.4 Å². The summed E-state index contributed by atoms with van der Waals surface area (Å²) in [6.07, 6.45) is 6.86. The molecule has 0 aliphatic carbocycles. The van der Waals surface area contributed by atoms with Crippen LogP contribution < -0.4 is 14.4 Å². The summed E-state index contributed by atoms with van der Waals surface area (Å²) < 4.78 is 18.4. The number of fused-ring (bicyclic) bond motifs is 3. The zero-order valence-electron chi connectivity index (χ0n) is 23.1. The highest BCUT2D eigenvalue weighted by atomic mass is 35.5. The van der Waals surface area contributed by atoms with Gasteiger partial charge in [-0.2, -0.15) is 0 Å². The zero-order valence-corrected chi connectivity index (χ0v) is 24.6. The van der Waals surface area contributed by atoms with Gasteiger partial charge in [0.2, 0.25) is 0 Å². The second-order valence-electron chi connectivity index (χ2n) is 9.77. The Kier molecular flexibility index (Phi) is 7.72. The number of imidazole rings is 1. The molecule has 1 aliphatic heterocycles. The van der Waals surface area contributed by atoms with Crippen molar-refractivity contribution in [2.24, 2.45) is 0 Å². The van der Waals surface area contributed by atoms with Gasteiger partial charge in [-0.25, -0.2) is 15.0 Å². The van der Waals surface area contributed by atoms with Crippen LogP contribution in [0.3, 0.4) is 0 Å². The smallest absolute Gasteiger partial charge is 0.161 e. The third kappa shape index (κ3) is 5.04. The summed E-state index contributed by atoms with van der Waals surface area (Å²) in [6, 6.07) is 9.60. The van der Waals surface area contributed by atoms with Crippen molar-refractivity contribution in [2.75, 3.05) is 45.4 Å². The molecular weight excluding hydrogens is 577 g/mol. The summed E-state index contributed by atoms with van der Waals surface area (Å²) in [7, 11) is 3.07. The number of allylic oxidation sites excluding steroid dienone is 1. The lowest BCUT2D eigenvalue weighted by atomic mass is 10.0. The number of carbonyl (C=O) groups is 1. The Morgan fingerprint density at radius 3 is 2.45 bits per heavy atom. The van der Waals surface area contributed by atoms with Gasteiger partial charge in [0.1, 0.15) is 22.8 Å². The van der Waals surface area contributed by atoms with Gasteiger partial charge < -0.3 is 19.1 Å². The van der Waals surface area contributed by atoms with Crippen molar-refractivity contribution < 1.29 is 19.0 Å². The largest absolute Gasteiger partial charge is 0.495 e. The lowest BCUT2D eigenvalue weighted by Gasteiger charge is -2.29. The molecule has 0 bridgehead atoms. The number of rotatable bonds is 8. The minimum atomic E-state index is -0.0568. The summed E-state index contributed by atoms with van der Waals surface area (Å²) in [6.45, 7) is 6.43. The van der Waals surface area contributed by atoms with E-state index in [-0.39, 0.29) is 12.2 Å². The van der Waals surface area contributed by atoms with Crippen LogP contribution in [-0.2, 0) is 16.0 Å². The molecule has 0 spiro atoms. The number of nitrogens with zero attached hydrogens (tertiary/aromatic N) is 5. The molecule has 2 aromatic carbocycles. The Morgan fingerprint density at radius 2 is 1.76 bits per heavy atom. The number of carbonyl (C=O) groups excluding carboxylic acids is 1. The Balaban J connectivity index is 1.52. The standard InChI is InChI=1S/C31H27Cl2N5O4/c1-4-22(39)13-18-11-19(14-21(12-18)37-7-9-42-10-8-37)29-35-17-20-15-23(31-34-5-6-38(31)30(20)36-29)26-27(32)24(40-2)16-25(41-3)28(26)33/h4-6,11-12,14-17H,1,7-10,13H2,2-3H3. The van der Waals surface area contributed by atoms with Gasteiger partial charge in [-0.05, 0) is 35.9 Å². The number of aromatic nitrogens is 4. The lowest BCUT2D eigenvalue weighted by molar-refractivity contribution is -0.114. The van der Waals surface area contributed by atoms with Crippen LogP contribution in [0.15, 0.2) is 61.6 Å². The van der Waals surface area contributed by atoms with Gasteiger partial charge in [0.25, 0.3) is 0 Å². The Morgan fingerprint density at radius 1 is 1.02 bits per heavy atom. The molecule has 1 fully saturated rings. The fraction of sp³-hybridized carbons (Fsp3) is 0.226. The van der Waals surface area contributed by atoms with Gasteiger partial charge in [-0.15, -0.1) is 0 Å².